The second kappa shape index (κ2) is 6.31. The quantitative estimate of drug-likeness (QED) is 0.858. The van der Waals surface area contributed by atoms with Crippen molar-refractivity contribution in [1.82, 2.24) is 10.2 Å². The summed E-state index contributed by atoms with van der Waals surface area (Å²) in [6.45, 7) is 4.21. The number of hydrogen-bond acceptors (Lipinski definition) is 4. The van der Waals surface area contributed by atoms with E-state index in [1.54, 1.807) is 18.3 Å². The van der Waals surface area contributed by atoms with Crippen molar-refractivity contribution in [2.24, 2.45) is 0 Å². The van der Waals surface area contributed by atoms with Crippen molar-refractivity contribution in [1.29, 1.82) is 0 Å². The molecule has 5 heteroatoms. The number of hydrogen-bond donors (Lipinski definition) is 2. The van der Waals surface area contributed by atoms with Gasteiger partial charge in [0.15, 0.2) is 0 Å². The third-order valence-electron chi connectivity index (χ3n) is 3.30. The Morgan fingerprint density at radius 3 is 3.06 bits per heavy atom. The third kappa shape index (κ3) is 3.54. The highest BCUT2D eigenvalue weighted by atomic mass is 32.1. The number of carbonyl (C=O) groups is 1. The van der Waals surface area contributed by atoms with Crippen molar-refractivity contribution in [2.45, 2.75) is 25.3 Å². The molecule has 2 atom stereocenters. The molecular weight excluding hydrogens is 248 g/mol. The lowest BCUT2D eigenvalue weighted by Crippen LogP contribution is -2.50. The van der Waals surface area contributed by atoms with E-state index >= 15 is 0 Å². The number of likely N-dealkylation sites (tertiary alicyclic amines) is 1. The molecule has 4 nitrogen and oxygen atoms in total. The van der Waals surface area contributed by atoms with Gasteiger partial charge in [0.1, 0.15) is 0 Å². The second-order valence-electron chi connectivity index (χ2n) is 4.83. The van der Waals surface area contributed by atoms with E-state index < -0.39 is 0 Å². The van der Waals surface area contributed by atoms with Crippen molar-refractivity contribution in [3.8, 4) is 0 Å². The summed E-state index contributed by atoms with van der Waals surface area (Å²) in [6, 6.07) is 4.41. The SMILES string of the molecule is CC(=O)NC1CC(c2cccs2)CN(CCO)C1. The molecule has 1 fully saturated rings. The van der Waals surface area contributed by atoms with Gasteiger partial charge in [0, 0.05) is 43.4 Å². The van der Waals surface area contributed by atoms with Gasteiger partial charge in [-0.05, 0) is 17.9 Å². The summed E-state index contributed by atoms with van der Waals surface area (Å²) in [5, 5.41) is 14.2. The van der Waals surface area contributed by atoms with Crippen LogP contribution in [0, 0.1) is 0 Å². The fourth-order valence-corrected chi connectivity index (χ4v) is 3.47. The van der Waals surface area contributed by atoms with Crippen LogP contribution in [-0.2, 0) is 4.79 Å². The Kier molecular flexibility index (Phi) is 4.74. The molecule has 2 unspecified atom stereocenters. The minimum atomic E-state index is 0.0239. The van der Waals surface area contributed by atoms with Crippen molar-refractivity contribution >= 4 is 17.2 Å². The van der Waals surface area contributed by atoms with Gasteiger partial charge in [0.2, 0.25) is 5.91 Å². The van der Waals surface area contributed by atoms with Crippen LogP contribution in [0.3, 0.4) is 0 Å². The predicted octanol–water partition coefficient (Wildman–Crippen LogP) is 1.03. The van der Waals surface area contributed by atoms with Gasteiger partial charge in [-0.25, -0.2) is 0 Å². The summed E-state index contributed by atoms with van der Waals surface area (Å²) < 4.78 is 0. The molecule has 0 aliphatic carbocycles. The van der Waals surface area contributed by atoms with E-state index in [9.17, 15) is 4.79 Å². The van der Waals surface area contributed by atoms with Crippen LogP contribution in [0.2, 0.25) is 0 Å². The molecule has 0 aromatic carbocycles. The molecule has 1 aromatic heterocycles. The normalized spacial score (nSPS) is 25.0. The van der Waals surface area contributed by atoms with Crippen LogP contribution in [0.4, 0.5) is 0 Å². The van der Waals surface area contributed by atoms with Crippen LogP contribution in [0.15, 0.2) is 17.5 Å². The van der Waals surface area contributed by atoms with Crippen LogP contribution < -0.4 is 5.32 Å². The number of carbonyl (C=O) groups excluding carboxylic acids is 1. The number of aliphatic hydroxyl groups excluding tert-OH is 1. The minimum Gasteiger partial charge on any atom is -0.395 e. The fraction of sp³-hybridized carbons (Fsp3) is 0.615. The number of amides is 1. The fourth-order valence-electron chi connectivity index (χ4n) is 2.64. The molecular formula is C13H20N2O2S. The summed E-state index contributed by atoms with van der Waals surface area (Å²) in [5.74, 6) is 0.484. The first-order valence-electron chi connectivity index (χ1n) is 6.32. The van der Waals surface area contributed by atoms with Crippen LogP contribution in [0.5, 0.6) is 0 Å². The lowest BCUT2D eigenvalue weighted by Gasteiger charge is -2.37. The number of thiophene rings is 1. The van der Waals surface area contributed by atoms with Crippen LogP contribution in [0.1, 0.15) is 24.1 Å². The maximum Gasteiger partial charge on any atom is 0.217 e. The van der Waals surface area contributed by atoms with Crippen molar-refractivity contribution in [2.75, 3.05) is 26.2 Å². The van der Waals surface area contributed by atoms with Gasteiger partial charge in [-0.2, -0.15) is 0 Å². The van der Waals surface area contributed by atoms with E-state index in [4.69, 9.17) is 5.11 Å². The Bertz CT molecular complexity index is 380. The Morgan fingerprint density at radius 1 is 1.61 bits per heavy atom. The smallest absolute Gasteiger partial charge is 0.217 e. The number of rotatable bonds is 4. The second-order valence-corrected chi connectivity index (χ2v) is 5.81. The number of piperidine rings is 1. The van der Waals surface area contributed by atoms with Crippen LogP contribution in [0.25, 0.3) is 0 Å². The molecule has 1 aromatic rings. The molecule has 100 valence electrons. The molecule has 1 aliphatic rings. The summed E-state index contributed by atoms with van der Waals surface area (Å²) in [5.41, 5.74) is 0. The summed E-state index contributed by atoms with van der Waals surface area (Å²) >= 11 is 1.77. The Morgan fingerprint density at radius 2 is 2.44 bits per heavy atom. The van der Waals surface area contributed by atoms with E-state index in [1.807, 2.05) is 0 Å². The average Bonchev–Trinajstić information content (AvgIpc) is 2.81. The first kappa shape index (κ1) is 13.5. The molecule has 0 spiro atoms. The first-order chi connectivity index (χ1) is 8.69. The van der Waals surface area contributed by atoms with Gasteiger partial charge in [-0.15, -0.1) is 11.3 Å². The third-order valence-corrected chi connectivity index (χ3v) is 4.33. The maximum absolute atomic E-state index is 11.2. The highest BCUT2D eigenvalue weighted by Crippen LogP contribution is 2.30. The number of nitrogens with zero attached hydrogens (tertiary/aromatic N) is 1. The number of aliphatic hydroxyl groups is 1. The van der Waals surface area contributed by atoms with E-state index in [0.29, 0.717) is 12.5 Å². The largest absolute Gasteiger partial charge is 0.395 e. The molecule has 2 rings (SSSR count). The van der Waals surface area contributed by atoms with Gasteiger partial charge in [-0.1, -0.05) is 6.07 Å². The molecule has 1 saturated heterocycles. The number of nitrogens with one attached hydrogen (secondary N) is 1. The average molecular weight is 268 g/mol. The molecule has 0 radical (unpaired) electrons. The Hall–Kier alpha value is -0.910. The molecule has 2 heterocycles. The maximum atomic E-state index is 11.2. The van der Waals surface area contributed by atoms with E-state index in [1.165, 1.54) is 4.88 Å². The van der Waals surface area contributed by atoms with E-state index in [-0.39, 0.29) is 18.6 Å². The zero-order chi connectivity index (χ0) is 13.0. The standard InChI is InChI=1S/C13H20N2O2S/c1-10(17)14-12-7-11(13-3-2-6-18-13)8-15(9-12)4-5-16/h2-3,6,11-12,16H,4-5,7-9H2,1H3,(H,14,17). The van der Waals surface area contributed by atoms with E-state index in [0.717, 1.165) is 19.5 Å². The van der Waals surface area contributed by atoms with Crippen molar-refractivity contribution < 1.29 is 9.90 Å². The summed E-state index contributed by atoms with van der Waals surface area (Å²) in [4.78, 5) is 14.8. The molecule has 1 aliphatic heterocycles. The molecule has 0 saturated carbocycles. The zero-order valence-corrected chi connectivity index (χ0v) is 11.4. The lowest BCUT2D eigenvalue weighted by atomic mass is 9.93. The Balaban J connectivity index is 2.04. The summed E-state index contributed by atoms with van der Waals surface area (Å²) in [6.07, 6.45) is 0.988. The minimum absolute atomic E-state index is 0.0239. The highest BCUT2D eigenvalue weighted by Gasteiger charge is 2.28. The van der Waals surface area contributed by atoms with Gasteiger partial charge in [-0.3, -0.25) is 9.69 Å². The Labute approximate surface area is 112 Å². The van der Waals surface area contributed by atoms with Crippen LogP contribution >= 0.6 is 11.3 Å². The first-order valence-corrected chi connectivity index (χ1v) is 7.20. The molecule has 1 amide bonds. The number of β-amino-alcohol motifs (C(OH)–C–C–N with tert-alkyl or cyclic N) is 1. The van der Waals surface area contributed by atoms with Gasteiger partial charge >= 0.3 is 0 Å². The lowest BCUT2D eigenvalue weighted by molar-refractivity contribution is -0.120. The van der Waals surface area contributed by atoms with Gasteiger partial charge in [0.05, 0.1) is 6.61 Å². The van der Waals surface area contributed by atoms with Gasteiger partial charge in [0.25, 0.3) is 0 Å². The highest BCUT2D eigenvalue weighted by molar-refractivity contribution is 7.10. The van der Waals surface area contributed by atoms with Crippen molar-refractivity contribution in [3.05, 3.63) is 22.4 Å². The van der Waals surface area contributed by atoms with E-state index in [2.05, 4.69) is 27.7 Å². The van der Waals surface area contributed by atoms with Crippen molar-refractivity contribution in [3.63, 3.8) is 0 Å². The molecule has 0 bridgehead atoms. The molecule has 2 N–H and O–H groups in total. The topological polar surface area (TPSA) is 52.6 Å². The zero-order valence-electron chi connectivity index (χ0n) is 10.6. The molecule has 18 heavy (non-hydrogen) atoms. The van der Waals surface area contributed by atoms with Gasteiger partial charge < -0.3 is 10.4 Å². The predicted molar refractivity (Wildman–Crippen MR) is 72.8 cm³/mol. The summed E-state index contributed by atoms with van der Waals surface area (Å²) in [7, 11) is 0. The van der Waals surface area contributed by atoms with Crippen LogP contribution in [-0.4, -0.2) is 48.2 Å². The monoisotopic (exact) mass is 268 g/mol.